The number of ketones is 1. The van der Waals surface area contributed by atoms with Gasteiger partial charge in [-0.3, -0.25) is 4.79 Å². The van der Waals surface area contributed by atoms with Crippen molar-refractivity contribution < 1.29 is 12.1 Å². The van der Waals surface area contributed by atoms with Crippen molar-refractivity contribution in [3.05, 3.63) is 0 Å². The summed E-state index contributed by atoms with van der Waals surface area (Å²) in [6.07, 6.45) is -1.89. The van der Waals surface area contributed by atoms with E-state index >= 15 is 0 Å². The second-order valence-corrected chi connectivity index (χ2v) is 6.90. The van der Waals surface area contributed by atoms with E-state index in [1.54, 1.807) is 0 Å². The van der Waals surface area contributed by atoms with Crippen molar-refractivity contribution in [1.29, 1.82) is 0 Å². The van der Waals surface area contributed by atoms with Gasteiger partial charge in [0.15, 0.2) is 0 Å². The number of hydrogen-bond acceptors (Lipinski definition) is 2. The fourth-order valence-corrected chi connectivity index (χ4v) is 1.80. The van der Waals surface area contributed by atoms with Gasteiger partial charge >= 0.3 is 0 Å². The van der Waals surface area contributed by atoms with Crippen LogP contribution in [0, 0.1) is 17.8 Å². The van der Waals surface area contributed by atoms with Crippen LogP contribution in [0.15, 0.2) is 0 Å². The molecule has 0 N–H and O–H groups in total. The molecule has 74 valence electrons. The highest BCUT2D eigenvalue weighted by Crippen LogP contribution is 2.36. The molecule has 0 aliphatic heterocycles. The summed E-state index contributed by atoms with van der Waals surface area (Å²) in [5.41, 5.74) is 0. The number of carbonyl (C=O) groups is 1. The first kappa shape index (κ1) is 9.03. The van der Waals surface area contributed by atoms with Crippen molar-refractivity contribution in [2.75, 3.05) is 19.5 Å². The van der Waals surface area contributed by atoms with Gasteiger partial charge in [0, 0.05) is 15.0 Å². The van der Waals surface area contributed by atoms with Crippen LogP contribution in [0.5, 0.6) is 0 Å². The summed E-state index contributed by atoms with van der Waals surface area (Å²) in [6.45, 7) is 6.07. The Morgan fingerprint density at radius 3 is 2.54 bits per heavy atom. The Balaban J connectivity index is 4.71. The van der Waals surface area contributed by atoms with Crippen molar-refractivity contribution in [3.8, 4) is 11.8 Å². The Labute approximate surface area is 83.3 Å². The van der Waals surface area contributed by atoms with Crippen LogP contribution in [0.3, 0.4) is 0 Å². The summed E-state index contributed by atoms with van der Waals surface area (Å²) in [4.78, 5) is 11.6. The first-order chi connectivity index (χ1) is 6.60. The molecule has 0 radical (unpaired) electrons. The third-order valence-corrected chi connectivity index (χ3v) is 2.51. The summed E-state index contributed by atoms with van der Waals surface area (Å²) in [5, 5.41) is 0. The molecule has 0 saturated heterocycles. The summed E-state index contributed by atoms with van der Waals surface area (Å²) in [6, 6.07) is 0. The zero-order valence-corrected chi connectivity index (χ0v) is 9.44. The van der Waals surface area contributed by atoms with E-state index in [4.69, 9.17) is 2.74 Å². The summed E-state index contributed by atoms with van der Waals surface area (Å²) < 4.78 is 26.5. The van der Waals surface area contributed by atoms with Crippen LogP contribution in [0.25, 0.3) is 0 Å². The van der Waals surface area contributed by atoms with E-state index < -0.39 is 19.4 Å². The van der Waals surface area contributed by atoms with Gasteiger partial charge in [0.25, 0.3) is 0 Å². The van der Waals surface area contributed by atoms with E-state index in [2.05, 4.69) is 11.8 Å². The molecule has 1 unspecified atom stereocenters. The summed E-state index contributed by atoms with van der Waals surface area (Å²) in [5.74, 6) is 3.66. The Kier molecular flexibility index (Phi) is 3.64. The van der Waals surface area contributed by atoms with Crippen LogP contribution in [-0.4, -0.2) is 25.3 Å². The molecule has 1 atom stereocenters. The minimum Gasteiger partial charge on any atom is -0.324 e. The molecule has 0 aliphatic rings. The predicted molar refractivity (Wildman–Crippen MR) is 56.6 cm³/mol. The molecular formula is C10H17O2P. The second kappa shape index (κ2) is 5.25. The lowest BCUT2D eigenvalue weighted by atomic mass is 10.0. The lowest BCUT2D eigenvalue weighted by molar-refractivity contribution is -0.119. The van der Waals surface area contributed by atoms with Crippen LogP contribution in [0.1, 0.15) is 23.0 Å². The molecule has 3 heteroatoms. The number of carbonyl (C=O) groups excluding carboxylic acids is 1. The van der Waals surface area contributed by atoms with E-state index in [1.807, 2.05) is 0 Å². The minimum absolute atomic E-state index is 0.0565. The van der Waals surface area contributed by atoms with Gasteiger partial charge < -0.3 is 4.57 Å². The molecule has 13 heavy (non-hydrogen) atoms. The van der Waals surface area contributed by atoms with Crippen LogP contribution in [0.4, 0.5) is 0 Å². The van der Waals surface area contributed by atoms with Crippen molar-refractivity contribution in [1.82, 2.24) is 0 Å². The molecule has 0 aromatic heterocycles. The maximum Gasteiger partial charge on any atom is 0.143 e. The van der Waals surface area contributed by atoms with Gasteiger partial charge in [-0.15, -0.1) is 11.8 Å². The standard InChI is InChI=1S/C10H17O2P/c1-5-6-7-9(2)10(11)8-13(3,4)12/h9H,7-8H2,1-4H3/i7D2. The molecule has 0 spiro atoms. The fourth-order valence-electron chi connectivity index (χ4n) is 0.773. The van der Waals surface area contributed by atoms with Crippen LogP contribution in [0.2, 0.25) is 0 Å². The number of rotatable bonds is 4. The van der Waals surface area contributed by atoms with E-state index in [-0.39, 0.29) is 11.9 Å². The van der Waals surface area contributed by atoms with Gasteiger partial charge in [-0.05, 0) is 20.3 Å². The van der Waals surface area contributed by atoms with Crippen LogP contribution < -0.4 is 0 Å². The largest absolute Gasteiger partial charge is 0.324 e. The molecule has 0 rings (SSSR count). The molecule has 2 nitrogen and oxygen atoms in total. The zero-order valence-electron chi connectivity index (χ0n) is 10.5. The smallest absolute Gasteiger partial charge is 0.143 e. The Morgan fingerprint density at radius 2 is 2.15 bits per heavy atom. The van der Waals surface area contributed by atoms with Crippen molar-refractivity contribution in [2.24, 2.45) is 5.92 Å². The monoisotopic (exact) mass is 202 g/mol. The van der Waals surface area contributed by atoms with Gasteiger partial charge in [-0.25, -0.2) is 0 Å². The lowest BCUT2D eigenvalue weighted by Crippen LogP contribution is -2.14. The third kappa shape index (κ3) is 6.61. The molecule has 0 aromatic rings. The lowest BCUT2D eigenvalue weighted by Gasteiger charge is -2.09. The van der Waals surface area contributed by atoms with E-state index in [0.29, 0.717) is 0 Å². The molecular weight excluding hydrogens is 183 g/mol. The number of hydrogen-bond donors (Lipinski definition) is 0. The quantitative estimate of drug-likeness (QED) is 0.517. The number of Topliss-reactive ketones (excluding diaryl/α,β-unsaturated/α-hetero) is 1. The summed E-state index contributed by atoms with van der Waals surface area (Å²) >= 11 is 0. The highest BCUT2D eigenvalue weighted by molar-refractivity contribution is 7.63. The molecule has 0 fully saturated rings. The van der Waals surface area contributed by atoms with Crippen LogP contribution >= 0.6 is 7.14 Å². The third-order valence-electron chi connectivity index (χ3n) is 1.43. The Hall–Kier alpha value is -0.540. The highest BCUT2D eigenvalue weighted by Gasteiger charge is 2.18. The fraction of sp³-hybridized carbons (Fsp3) is 0.700. The summed E-state index contributed by atoms with van der Waals surface area (Å²) in [7, 11) is -2.43. The predicted octanol–water partition coefficient (Wildman–Crippen LogP) is 2.23. The van der Waals surface area contributed by atoms with E-state index in [9.17, 15) is 9.36 Å². The SMILES string of the molecule is [2H]C([2H])(C#CC)C(C)C(=O)CP(C)(C)=O. The zero-order chi connectivity index (χ0) is 12.3. The molecule has 0 amide bonds. The highest BCUT2D eigenvalue weighted by atomic mass is 31.2. The minimum atomic E-state index is -2.43. The Morgan fingerprint density at radius 1 is 1.62 bits per heavy atom. The normalized spacial score (nSPS) is 16.3. The molecule has 0 saturated carbocycles. The molecule has 0 bridgehead atoms. The maximum absolute atomic E-state index is 11.6. The maximum atomic E-state index is 11.6. The Bertz CT molecular complexity index is 346. The average molecular weight is 202 g/mol. The average Bonchev–Trinajstić information content (AvgIpc) is 1.99. The van der Waals surface area contributed by atoms with Crippen LogP contribution in [-0.2, 0) is 9.36 Å². The first-order valence-electron chi connectivity index (χ1n) is 5.11. The first-order valence-corrected chi connectivity index (χ1v) is 6.89. The topological polar surface area (TPSA) is 34.1 Å². The molecule has 0 heterocycles. The molecule has 0 aliphatic carbocycles. The second-order valence-electron chi connectivity index (χ2n) is 3.44. The van der Waals surface area contributed by atoms with Crippen molar-refractivity contribution in [2.45, 2.75) is 20.2 Å². The van der Waals surface area contributed by atoms with Crippen molar-refractivity contribution >= 4 is 12.9 Å². The van der Waals surface area contributed by atoms with Gasteiger partial charge in [0.05, 0.1) is 13.3 Å². The van der Waals surface area contributed by atoms with E-state index in [1.165, 1.54) is 27.2 Å². The van der Waals surface area contributed by atoms with Gasteiger partial charge in [0.1, 0.15) is 5.78 Å². The van der Waals surface area contributed by atoms with Gasteiger partial charge in [-0.1, -0.05) is 6.92 Å². The van der Waals surface area contributed by atoms with Gasteiger partial charge in [-0.2, -0.15) is 0 Å². The van der Waals surface area contributed by atoms with Gasteiger partial charge in [0.2, 0.25) is 0 Å². The van der Waals surface area contributed by atoms with Crippen molar-refractivity contribution in [3.63, 3.8) is 0 Å². The molecule has 0 aromatic carbocycles. The van der Waals surface area contributed by atoms with E-state index in [0.717, 1.165) is 0 Å².